The molecule has 1 fully saturated rings. The Morgan fingerprint density at radius 2 is 2.05 bits per heavy atom. The molecule has 0 saturated carbocycles. The van der Waals surface area contributed by atoms with Gasteiger partial charge in [0.15, 0.2) is 0 Å². The number of carboxylic acids is 1. The fraction of sp³-hybridized carbons (Fsp3) is 0.467. The topological polar surface area (TPSA) is 78.9 Å². The lowest BCUT2D eigenvalue weighted by Gasteiger charge is -2.24. The van der Waals surface area contributed by atoms with Gasteiger partial charge in [0.05, 0.1) is 19.3 Å². The summed E-state index contributed by atoms with van der Waals surface area (Å²) in [6.07, 6.45) is 0. The van der Waals surface area contributed by atoms with Gasteiger partial charge in [-0.3, -0.25) is 4.79 Å². The summed E-state index contributed by atoms with van der Waals surface area (Å²) in [5.41, 5.74) is 1.03. The van der Waals surface area contributed by atoms with Crippen molar-refractivity contribution in [1.82, 2.24) is 10.2 Å². The second kappa shape index (κ2) is 7.08. The smallest absolute Gasteiger partial charge is 0.318 e. The molecule has 1 saturated heterocycles. The Hall–Kier alpha value is -2.08. The molecular weight excluding hydrogens is 272 g/mol. The number of urea groups is 1. The number of rotatable bonds is 5. The number of benzene rings is 1. The van der Waals surface area contributed by atoms with E-state index in [1.807, 2.05) is 37.3 Å². The van der Waals surface area contributed by atoms with Gasteiger partial charge in [-0.15, -0.1) is 0 Å². The lowest BCUT2D eigenvalue weighted by atomic mass is 10.0. The highest BCUT2D eigenvalue weighted by Crippen LogP contribution is 2.14. The number of nitrogens with one attached hydrogen (secondary N) is 1. The second-order valence-corrected chi connectivity index (χ2v) is 5.04. The third kappa shape index (κ3) is 3.95. The van der Waals surface area contributed by atoms with Gasteiger partial charge in [-0.05, 0) is 12.5 Å². The Morgan fingerprint density at radius 1 is 1.33 bits per heavy atom. The number of carbonyl (C=O) groups is 2. The molecule has 0 spiro atoms. The standard InChI is InChI=1S/C15H20N2O4/c1-2-17(8-11-6-4-3-5-7-11)15(20)16-13-10-21-9-12(13)14(18)19/h3-7,12-13H,2,8-10H2,1H3,(H,16,20)(H,18,19). The van der Waals surface area contributed by atoms with Crippen LogP contribution in [-0.2, 0) is 16.1 Å². The summed E-state index contributed by atoms with van der Waals surface area (Å²) in [4.78, 5) is 25.0. The molecule has 2 rings (SSSR count). The summed E-state index contributed by atoms with van der Waals surface area (Å²) >= 11 is 0. The van der Waals surface area contributed by atoms with Gasteiger partial charge in [-0.1, -0.05) is 30.3 Å². The van der Waals surface area contributed by atoms with Crippen molar-refractivity contribution in [1.29, 1.82) is 0 Å². The van der Waals surface area contributed by atoms with Crippen molar-refractivity contribution in [3.05, 3.63) is 35.9 Å². The van der Waals surface area contributed by atoms with Gasteiger partial charge in [0.25, 0.3) is 0 Å². The number of ether oxygens (including phenoxy) is 1. The van der Waals surface area contributed by atoms with E-state index in [2.05, 4.69) is 5.32 Å². The number of nitrogens with zero attached hydrogens (tertiary/aromatic N) is 1. The highest BCUT2D eigenvalue weighted by molar-refractivity contribution is 5.77. The SMILES string of the molecule is CCN(Cc1ccccc1)C(=O)NC1COCC1C(=O)O. The zero-order valence-electron chi connectivity index (χ0n) is 12.0. The summed E-state index contributed by atoms with van der Waals surface area (Å²) in [7, 11) is 0. The van der Waals surface area contributed by atoms with Crippen molar-refractivity contribution in [3.63, 3.8) is 0 Å². The molecule has 1 aromatic rings. The van der Waals surface area contributed by atoms with Gasteiger partial charge in [0, 0.05) is 13.1 Å². The lowest BCUT2D eigenvalue weighted by molar-refractivity contribution is -0.142. The summed E-state index contributed by atoms with van der Waals surface area (Å²) in [6.45, 7) is 3.32. The van der Waals surface area contributed by atoms with Gasteiger partial charge in [0.1, 0.15) is 5.92 Å². The number of hydrogen-bond acceptors (Lipinski definition) is 3. The molecule has 6 heteroatoms. The van der Waals surface area contributed by atoms with Crippen molar-refractivity contribution in [2.45, 2.75) is 19.5 Å². The summed E-state index contributed by atoms with van der Waals surface area (Å²) in [6, 6.07) is 8.94. The third-order valence-electron chi connectivity index (χ3n) is 3.59. The molecule has 1 heterocycles. The van der Waals surface area contributed by atoms with Crippen LogP contribution in [0.15, 0.2) is 30.3 Å². The van der Waals surface area contributed by atoms with Gasteiger partial charge >= 0.3 is 12.0 Å². The minimum atomic E-state index is -0.941. The molecule has 6 nitrogen and oxygen atoms in total. The first-order valence-electron chi connectivity index (χ1n) is 7.01. The van der Waals surface area contributed by atoms with Gasteiger partial charge in [-0.25, -0.2) is 4.79 Å². The van der Waals surface area contributed by atoms with E-state index in [0.717, 1.165) is 5.56 Å². The van der Waals surface area contributed by atoms with Crippen molar-refractivity contribution in [3.8, 4) is 0 Å². The zero-order valence-corrected chi connectivity index (χ0v) is 12.0. The van der Waals surface area contributed by atoms with Crippen LogP contribution in [0.5, 0.6) is 0 Å². The third-order valence-corrected chi connectivity index (χ3v) is 3.59. The maximum absolute atomic E-state index is 12.3. The molecule has 1 aliphatic heterocycles. The van der Waals surface area contributed by atoms with Crippen molar-refractivity contribution in [2.24, 2.45) is 5.92 Å². The lowest BCUT2D eigenvalue weighted by Crippen LogP contribution is -2.48. The minimum absolute atomic E-state index is 0.144. The first kappa shape index (κ1) is 15.3. The fourth-order valence-corrected chi connectivity index (χ4v) is 2.32. The molecular formula is C15H20N2O4. The van der Waals surface area contributed by atoms with Crippen LogP contribution in [0.4, 0.5) is 4.79 Å². The minimum Gasteiger partial charge on any atom is -0.481 e. The van der Waals surface area contributed by atoms with Crippen LogP contribution in [0.25, 0.3) is 0 Å². The maximum Gasteiger partial charge on any atom is 0.318 e. The van der Waals surface area contributed by atoms with E-state index in [-0.39, 0.29) is 19.2 Å². The Morgan fingerprint density at radius 3 is 2.67 bits per heavy atom. The normalized spacial score (nSPS) is 21.0. The van der Waals surface area contributed by atoms with E-state index in [1.165, 1.54) is 0 Å². The van der Waals surface area contributed by atoms with E-state index in [4.69, 9.17) is 9.84 Å². The predicted octanol–water partition coefficient (Wildman–Crippen LogP) is 1.32. The van der Waals surface area contributed by atoms with Crippen LogP contribution in [0.2, 0.25) is 0 Å². The largest absolute Gasteiger partial charge is 0.481 e. The Balaban J connectivity index is 1.95. The van der Waals surface area contributed by atoms with E-state index in [0.29, 0.717) is 13.1 Å². The Labute approximate surface area is 123 Å². The van der Waals surface area contributed by atoms with Crippen LogP contribution < -0.4 is 5.32 Å². The van der Waals surface area contributed by atoms with E-state index < -0.39 is 17.9 Å². The number of carboxylic acid groups (broad SMARTS) is 1. The first-order chi connectivity index (χ1) is 10.1. The molecule has 0 aliphatic carbocycles. The summed E-state index contributed by atoms with van der Waals surface area (Å²) in [5.74, 6) is -1.62. The molecule has 1 aliphatic rings. The van der Waals surface area contributed by atoms with E-state index in [1.54, 1.807) is 4.90 Å². The van der Waals surface area contributed by atoms with Crippen LogP contribution in [0, 0.1) is 5.92 Å². The van der Waals surface area contributed by atoms with Gasteiger partial charge in [0.2, 0.25) is 0 Å². The quantitative estimate of drug-likeness (QED) is 0.858. The molecule has 2 N–H and O–H groups in total. The molecule has 0 aromatic heterocycles. The molecule has 0 radical (unpaired) electrons. The first-order valence-corrected chi connectivity index (χ1v) is 7.01. The van der Waals surface area contributed by atoms with Gasteiger partial charge < -0.3 is 20.1 Å². The predicted molar refractivity (Wildman–Crippen MR) is 76.8 cm³/mol. The number of carbonyl (C=O) groups excluding carboxylic acids is 1. The fourth-order valence-electron chi connectivity index (χ4n) is 2.32. The van der Waals surface area contributed by atoms with E-state index in [9.17, 15) is 9.59 Å². The highest BCUT2D eigenvalue weighted by Gasteiger charge is 2.35. The zero-order chi connectivity index (χ0) is 15.2. The number of hydrogen-bond donors (Lipinski definition) is 2. The van der Waals surface area contributed by atoms with Gasteiger partial charge in [-0.2, -0.15) is 0 Å². The summed E-state index contributed by atoms with van der Waals surface area (Å²) in [5, 5.41) is 11.8. The maximum atomic E-state index is 12.3. The monoisotopic (exact) mass is 292 g/mol. The Bertz CT molecular complexity index is 492. The molecule has 2 amide bonds. The average Bonchev–Trinajstić information content (AvgIpc) is 2.94. The van der Waals surface area contributed by atoms with Crippen molar-refractivity contribution < 1.29 is 19.4 Å². The van der Waals surface area contributed by atoms with Crippen molar-refractivity contribution in [2.75, 3.05) is 19.8 Å². The molecule has 114 valence electrons. The average molecular weight is 292 g/mol. The van der Waals surface area contributed by atoms with E-state index >= 15 is 0 Å². The second-order valence-electron chi connectivity index (χ2n) is 5.04. The molecule has 2 atom stereocenters. The van der Waals surface area contributed by atoms with Crippen LogP contribution in [0.3, 0.4) is 0 Å². The number of aliphatic carboxylic acids is 1. The number of amides is 2. The van der Waals surface area contributed by atoms with Crippen molar-refractivity contribution >= 4 is 12.0 Å². The Kier molecular flexibility index (Phi) is 5.16. The highest BCUT2D eigenvalue weighted by atomic mass is 16.5. The van der Waals surface area contributed by atoms with Crippen LogP contribution >= 0.6 is 0 Å². The molecule has 21 heavy (non-hydrogen) atoms. The molecule has 0 bridgehead atoms. The van der Waals surface area contributed by atoms with Crippen LogP contribution in [0.1, 0.15) is 12.5 Å². The van der Waals surface area contributed by atoms with Crippen LogP contribution in [-0.4, -0.2) is 47.8 Å². The molecule has 2 unspecified atom stereocenters. The summed E-state index contributed by atoms with van der Waals surface area (Å²) < 4.78 is 5.15. The molecule has 1 aromatic carbocycles.